The van der Waals surface area contributed by atoms with Crippen LogP contribution in [0, 0.1) is 17.8 Å². The van der Waals surface area contributed by atoms with Gasteiger partial charge in [0.05, 0.1) is 18.5 Å². The molecule has 1 aromatic heterocycles. The first kappa shape index (κ1) is 41.5. The van der Waals surface area contributed by atoms with Gasteiger partial charge in [-0.3, -0.25) is 14.4 Å². The van der Waals surface area contributed by atoms with Crippen molar-refractivity contribution in [3.05, 3.63) is 89.0 Å². The Kier molecular flexibility index (Phi) is 15.4. The lowest BCUT2D eigenvalue weighted by molar-refractivity contribution is -0.140. The molecule has 1 saturated carbocycles. The quantitative estimate of drug-likeness (QED) is 0.136. The Morgan fingerprint density at radius 3 is 2.32 bits per heavy atom. The molecule has 6 N–H and O–H groups in total. The van der Waals surface area contributed by atoms with Crippen LogP contribution in [0.2, 0.25) is 5.02 Å². The molecular weight excluding hydrogens is 696 g/mol. The van der Waals surface area contributed by atoms with E-state index < -0.39 is 53.5 Å². The van der Waals surface area contributed by atoms with Gasteiger partial charge in [0.1, 0.15) is 11.6 Å². The number of ether oxygens (including phenoxy) is 1. The van der Waals surface area contributed by atoms with Gasteiger partial charge in [-0.15, -0.1) is 0 Å². The van der Waals surface area contributed by atoms with E-state index in [0.717, 1.165) is 48.1 Å². The van der Waals surface area contributed by atoms with Crippen molar-refractivity contribution in [1.82, 2.24) is 25.5 Å². The molecule has 0 unspecified atom stereocenters. The van der Waals surface area contributed by atoms with Crippen LogP contribution in [0.1, 0.15) is 76.1 Å². The summed E-state index contributed by atoms with van der Waals surface area (Å²) in [6.07, 6.45) is 6.44. The zero-order chi connectivity index (χ0) is 38.5. The molecule has 12 nitrogen and oxygen atoms in total. The van der Waals surface area contributed by atoms with Crippen molar-refractivity contribution in [1.29, 1.82) is 0 Å². The van der Waals surface area contributed by atoms with E-state index in [-0.39, 0.29) is 37.6 Å². The van der Waals surface area contributed by atoms with Gasteiger partial charge in [-0.25, -0.2) is 14.7 Å². The number of aliphatic hydroxyl groups excluding tert-OH is 1. The number of aromatic amines is 1. The number of carbonyl (C=O) groups is 4. The predicted octanol–water partition coefficient (Wildman–Crippen LogP) is 4.98. The lowest BCUT2D eigenvalue weighted by Crippen LogP contribution is -2.59. The minimum Gasteiger partial charge on any atom is -0.443 e. The third-order valence-electron chi connectivity index (χ3n) is 9.80. The SMILES string of the molecule is CNC(=O)[C@H](Cc1cccc(Cl)c1)C[C@H](O)[C@H](CNC(=O)[C@H](Cc1cnc[nH]1)N(C(=O)OC(C)(C)C)C(=O)[C@@H](N)Cc1ccccc1)C1CCCCC1. The largest absolute Gasteiger partial charge is 0.443 e. The second kappa shape index (κ2) is 19.7. The van der Waals surface area contributed by atoms with Crippen molar-refractivity contribution in [3.8, 4) is 0 Å². The number of nitrogens with one attached hydrogen (secondary N) is 3. The van der Waals surface area contributed by atoms with Crippen molar-refractivity contribution >= 4 is 35.4 Å². The van der Waals surface area contributed by atoms with E-state index >= 15 is 0 Å². The van der Waals surface area contributed by atoms with Gasteiger partial charge in [0, 0.05) is 48.8 Å². The van der Waals surface area contributed by atoms with Crippen LogP contribution in [-0.2, 0) is 38.4 Å². The first-order chi connectivity index (χ1) is 25.3. The fourth-order valence-corrected chi connectivity index (χ4v) is 7.35. The summed E-state index contributed by atoms with van der Waals surface area (Å²) in [5.74, 6) is -2.43. The van der Waals surface area contributed by atoms with Crippen molar-refractivity contribution in [2.75, 3.05) is 13.6 Å². The van der Waals surface area contributed by atoms with E-state index in [9.17, 15) is 24.3 Å². The van der Waals surface area contributed by atoms with Crippen molar-refractivity contribution in [3.63, 3.8) is 0 Å². The minimum atomic E-state index is -1.36. The van der Waals surface area contributed by atoms with E-state index in [2.05, 4.69) is 20.6 Å². The number of carbonyl (C=O) groups excluding carboxylic acids is 4. The highest BCUT2D eigenvalue weighted by Gasteiger charge is 2.41. The van der Waals surface area contributed by atoms with Crippen LogP contribution >= 0.6 is 11.6 Å². The van der Waals surface area contributed by atoms with Crippen LogP contribution in [0.4, 0.5) is 4.79 Å². The zero-order valence-electron chi connectivity index (χ0n) is 31.2. The van der Waals surface area contributed by atoms with Gasteiger partial charge < -0.3 is 31.2 Å². The normalized spacial score (nSPS) is 16.4. The number of H-pyrrole nitrogens is 1. The maximum Gasteiger partial charge on any atom is 0.417 e. The molecular formula is C40H55ClN6O6. The maximum absolute atomic E-state index is 14.4. The fraction of sp³-hybridized carbons (Fsp3) is 0.525. The summed E-state index contributed by atoms with van der Waals surface area (Å²) in [5.41, 5.74) is 7.65. The minimum absolute atomic E-state index is 0.0637. The Morgan fingerprint density at radius 2 is 1.70 bits per heavy atom. The summed E-state index contributed by atoms with van der Waals surface area (Å²) in [6, 6.07) is 14.0. The lowest BCUT2D eigenvalue weighted by atomic mass is 9.75. The number of rotatable bonds is 16. The molecule has 1 fully saturated rings. The first-order valence-electron chi connectivity index (χ1n) is 18.5. The molecule has 1 aliphatic rings. The Hall–Kier alpha value is -4.26. The number of imide groups is 1. The lowest BCUT2D eigenvalue weighted by Gasteiger charge is -2.36. The molecule has 0 aliphatic heterocycles. The molecule has 5 atom stereocenters. The van der Waals surface area contributed by atoms with E-state index in [1.165, 1.54) is 12.5 Å². The van der Waals surface area contributed by atoms with Gasteiger partial charge in [-0.1, -0.05) is 86.2 Å². The summed E-state index contributed by atoms with van der Waals surface area (Å²) in [5, 5.41) is 18.2. The number of halogens is 1. The molecule has 0 saturated heterocycles. The second-order valence-corrected chi connectivity index (χ2v) is 15.5. The predicted molar refractivity (Wildman–Crippen MR) is 204 cm³/mol. The van der Waals surface area contributed by atoms with Gasteiger partial charge in [0.15, 0.2) is 0 Å². The summed E-state index contributed by atoms with van der Waals surface area (Å²) >= 11 is 6.23. The van der Waals surface area contributed by atoms with Crippen molar-refractivity contribution < 1.29 is 29.0 Å². The third-order valence-corrected chi connectivity index (χ3v) is 10.0. The second-order valence-electron chi connectivity index (χ2n) is 15.0. The van der Waals surface area contributed by atoms with Crippen LogP contribution in [0.25, 0.3) is 0 Å². The molecule has 0 spiro atoms. The van der Waals surface area contributed by atoms with Crippen molar-refractivity contribution in [2.24, 2.45) is 23.5 Å². The van der Waals surface area contributed by atoms with Gasteiger partial charge >= 0.3 is 6.09 Å². The van der Waals surface area contributed by atoms with E-state index in [1.807, 2.05) is 48.5 Å². The summed E-state index contributed by atoms with van der Waals surface area (Å²) in [7, 11) is 1.57. The summed E-state index contributed by atoms with van der Waals surface area (Å²) in [6.45, 7) is 5.09. The zero-order valence-corrected chi connectivity index (χ0v) is 32.0. The number of aliphatic hydroxyl groups is 1. The molecule has 0 bridgehead atoms. The maximum atomic E-state index is 14.4. The average molecular weight is 751 g/mol. The van der Waals surface area contributed by atoms with Crippen molar-refractivity contribution in [2.45, 2.75) is 102 Å². The molecule has 3 aromatic rings. The Balaban J connectivity index is 1.62. The monoisotopic (exact) mass is 750 g/mol. The van der Waals surface area contributed by atoms with E-state index in [1.54, 1.807) is 33.9 Å². The number of amides is 4. The van der Waals surface area contributed by atoms with Crippen LogP contribution in [0.5, 0.6) is 0 Å². The van der Waals surface area contributed by atoms with Gasteiger partial charge in [0.2, 0.25) is 17.7 Å². The number of aromatic nitrogens is 2. The first-order valence-corrected chi connectivity index (χ1v) is 18.9. The Morgan fingerprint density at radius 1 is 1.00 bits per heavy atom. The van der Waals surface area contributed by atoms with Crippen LogP contribution in [0.15, 0.2) is 67.1 Å². The molecule has 4 rings (SSSR count). The number of hydrogen-bond donors (Lipinski definition) is 5. The Bertz CT molecular complexity index is 1630. The highest BCUT2D eigenvalue weighted by atomic mass is 35.5. The number of imidazole rings is 1. The van der Waals surface area contributed by atoms with Crippen LogP contribution in [-0.4, -0.2) is 81.2 Å². The highest BCUT2D eigenvalue weighted by Crippen LogP contribution is 2.34. The molecule has 1 aliphatic carbocycles. The van der Waals surface area contributed by atoms with E-state index in [0.29, 0.717) is 17.1 Å². The number of hydrogen-bond acceptors (Lipinski definition) is 8. The molecule has 53 heavy (non-hydrogen) atoms. The number of benzene rings is 2. The standard InChI is InChI=1S/C40H55ClN6O6/c1-40(2,3)53-39(52)47(38(51)33(42)20-26-12-7-5-8-13-26)34(22-31-23-44-25-46-31)37(50)45-24-32(28-15-9-6-10-16-28)35(48)21-29(36(49)43-4)18-27-14-11-17-30(41)19-27/h5,7-8,11-14,17,19,23,25,28-29,32-35,48H,6,9-10,15-16,18,20-22,24,42H2,1-4H3,(H,43,49)(H,44,46)(H,45,50)/t29-,32-,33+,34+,35+/m1/s1. The van der Waals surface area contributed by atoms with Crippen LogP contribution < -0.4 is 16.4 Å². The molecule has 1 heterocycles. The van der Waals surface area contributed by atoms with Gasteiger partial charge in [0.25, 0.3) is 0 Å². The summed E-state index contributed by atoms with van der Waals surface area (Å²) in [4.78, 5) is 63.3. The molecule has 0 radical (unpaired) electrons. The summed E-state index contributed by atoms with van der Waals surface area (Å²) < 4.78 is 5.68. The third kappa shape index (κ3) is 12.7. The smallest absolute Gasteiger partial charge is 0.417 e. The Labute approximate surface area is 317 Å². The fourth-order valence-electron chi connectivity index (χ4n) is 7.14. The topological polar surface area (TPSA) is 180 Å². The van der Waals surface area contributed by atoms with Gasteiger partial charge in [-0.2, -0.15) is 0 Å². The van der Waals surface area contributed by atoms with Crippen LogP contribution in [0.3, 0.4) is 0 Å². The number of nitrogens with two attached hydrogens (primary N) is 1. The van der Waals surface area contributed by atoms with E-state index in [4.69, 9.17) is 22.1 Å². The molecule has 288 valence electrons. The molecule has 2 aromatic carbocycles. The van der Waals surface area contributed by atoms with Gasteiger partial charge in [-0.05, 0) is 69.2 Å². The molecule has 13 heteroatoms. The number of nitrogens with zero attached hydrogens (tertiary/aromatic N) is 2. The average Bonchev–Trinajstić information content (AvgIpc) is 3.64. The molecule has 4 amide bonds. The highest BCUT2D eigenvalue weighted by molar-refractivity contribution is 6.30.